The van der Waals surface area contributed by atoms with Crippen LogP contribution in [-0.2, 0) is 0 Å². The quantitative estimate of drug-likeness (QED) is 0.587. The van der Waals surface area contributed by atoms with Crippen molar-refractivity contribution in [2.45, 2.75) is 38.9 Å². The van der Waals surface area contributed by atoms with E-state index in [1.54, 1.807) is 0 Å². The van der Waals surface area contributed by atoms with E-state index in [2.05, 4.69) is 27.0 Å². The highest BCUT2D eigenvalue weighted by atomic mass is 32.2. The summed E-state index contributed by atoms with van der Waals surface area (Å²) in [5.74, 6) is 0.894. The normalized spacial score (nSPS) is 17.3. The van der Waals surface area contributed by atoms with Crippen molar-refractivity contribution in [3.8, 4) is 0 Å². The van der Waals surface area contributed by atoms with Crippen LogP contribution >= 0.6 is 11.8 Å². The minimum Gasteiger partial charge on any atom is -0.162 e. The van der Waals surface area contributed by atoms with Crippen LogP contribution in [0.5, 0.6) is 0 Å². The van der Waals surface area contributed by atoms with Crippen LogP contribution in [0.15, 0.2) is 0 Å². The molecule has 0 saturated heterocycles. The summed E-state index contributed by atoms with van der Waals surface area (Å²) in [6, 6.07) is 0. The van der Waals surface area contributed by atoms with Gasteiger partial charge in [-0.1, -0.05) is 27.2 Å². The van der Waals surface area contributed by atoms with E-state index >= 15 is 0 Å². The van der Waals surface area contributed by atoms with Gasteiger partial charge in [-0.2, -0.15) is 11.8 Å². The zero-order valence-corrected chi connectivity index (χ0v) is 7.79. The van der Waals surface area contributed by atoms with Gasteiger partial charge in [0.25, 0.3) is 0 Å². The van der Waals surface area contributed by atoms with E-state index < -0.39 is 0 Å². The first kappa shape index (κ1) is 9.35. The summed E-state index contributed by atoms with van der Waals surface area (Å²) in [6.45, 7) is 6.90. The summed E-state index contributed by atoms with van der Waals surface area (Å²) in [4.78, 5) is 0. The van der Waals surface area contributed by atoms with Crippen LogP contribution in [0, 0.1) is 5.92 Å². The molecule has 0 amide bonds. The van der Waals surface area contributed by atoms with Crippen molar-refractivity contribution in [1.82, 2.24) is 0 Å². The molecule has 0 aromatic rings. The van der Waals surface area contributed by atoms with Crippen molar-refractivity contribution >= 4 is 11.8 Å². The number of hydrogen-bond acceptors (Lipinski definition) is 1. The predicted molar refractivity (Wildman–Crippen MR) is 47.0 cm³/mol. The topological polar surface area (TPSA) is 0 Å². The largest absolute Gasteiger partial charge is 0.162 e. The molecule has 9 heavy (non-hydrogen) atoms. The molecule has 2 unspecified atom stereocenters. The summed E-state index contributed by atoms with van der Waals surface area (Å²) in [5.41, 5.74) is 0. The summed E-state index contributed by atoms with van der Waals surface area (Å²) in [6.07, 6.45) is 4.89. The Balaban J connectivity index is 3.32. The molecular weight excluding hydrogens is 128 g/mol. The Morgan fingerprint density at radius 2 is 1.89 bits per heavy atom. The Morgan fingerprint density at radius 1 is 1.33 bits per heavy atom. The molecule has 0 nitrogen and oxygen atoms in total. The number of thioether (sulfide) groups is 1. The fraction of sp³-hybridized carbons (Fsp3) is 1.00. The van der Waals surface area contributed by atoms with E-state index in [9.17, 15) is 0 Å². The molecule has 0 bridgehead atoms. The zero-order chi connectivity index (χ0) is 7.28. The fourth-order valence-corrected chi connectivity index (χ4v) is 1.52. The summed E-state index contributed by atoms with van der Waals surface area (Å²) in [5, 5.41) is 0.838. The van der Waals surface area contributed by atoms with Crippen LogP contribution in [0.4, 0.5) is 0 Å². The number of rotatable bonds is 4. The monoisotopic (exact) mass is 146 g/mol. The van der Waals surface area contributed by atoms with Crippen molar-refractivity contribution in [3.05, 3.63) is 0 Å². The second-order valence-electron chi connectivity index (χ2n) is 2.71. The van der Waals surface area contributed by atoms with Gasteiger partial charge in [0, 0.05) is 5.25 Å². The predicted octanol–water partition coefficient (Wildman–Crippen LogP) is 3.17. The molecule has 0 aliphatic carbocycles. The van der Waals surface area contributed by atoms with E-state index in [1.807, 2.05) is 11.8 Å². The summed E-state index contributed by atoms with van der Waals surface area (Å²) >= 11 is 1.97. The molecule has 0 fully saturated rings. The van der Waals surface area contributed by atoms with Gasteiger partial charge in [0.15, 0.2) is 0 Å². The van der Waals surface area contributed by atoms with Crippen LogP contribution in [0.3, 0.4) is 0 Å². The van der Waals surface area contributed by atoms with Gasteiger partial charge < -0.3 is 0 Å². The standard InChI is InChI=1S/C8H18S/c1-5-6-7(2)8(3)9-4/h7-8H,5-6H2,1-4H3. The van der Waals surface area contributed by atoms with Gasteiger partial charge in [-0.05, 0) is 18.6 Å². The maximum atomic E-state index is 2.34. The molecule has 0 N–H and O–H groups in total. The molecule has 0 aliphatic rings. The highest BCUT2D eigenvalue weighted by Gasteiger charge is 2.07. The molecule has 2 atom stereocenters. The molecular formula is C8H18S. The summed E-state index contributed by atoms with van der Waals surface area (Å²) < 4.78 is 0. The molecule has 0 saturated carbocycles. The van der Waals surface area contributed by atoms with E-state index in [4.69, 9.17) is 0 Å². The zero-order valence-electron chi connectivity index (χ0n) is 6.98. The minimum atomic E-state index is 0.838. The lowest BCUT2D eigenvalue weighted by molar-refractivity contribution is 0.521. The Labute approximate surface area is 63.4 Å². The van der Waals surface area contributed by atoms with Crippen LogP contribution < -0.4 is 0 Å². The first-order valence-electron chi connectivity index (χ1n) is 3.75. The van der Waals surface area contributed by atoms with E-state index in [-0.39, 0.29) is 0 Å². The highest BCUT2D eigenvalue weighted by molar-refractivity contribution is 7.99. The van der Waals surface area contributed by atoms with Gasteiger partial charge in [0.2, 0.25) is 0 Å². The second kappa shape index (κ2) is 5.16. The van der Waals surface area contributed by atoms with Crippen LogP contribution in [-0.4, -0.2) is 11.5 Å². The van der Waals surface area contributed by atoms with Crippen LogP contribution in [0.1, 0.15) is 33.6 Å². The Bertz CT molecular complexity index is 61.6. The average molecular weight is 146 g/mol. The molecule has 0 spiro atoms. The Kier molecular flexibility index (Phi) is 5.36. The van der Waals surface area contributed by atoms with Gasteiger partial charge in [-0.15, -0.1) is 0 Å². The molecule has 0 heterocycles. The molecule has 0 rings (SSSR count). The lowest BCUT2D eigenvalue weighted by Crippen LogP contribution is -2.08. The average Bonchev–Trinajstić information content (AvgIpc) is 1.87. The van der Waals surface area contributed by atoms with E-state index in [1.165, 1.54) is 12.8 Å². The van der Waals surface area contributed by atoms with E-state index in [0.717, 1.165) is 11.2 Å². The van der Waals surface area contributed by atoms with Gasteiger partial charge in [0.1, 0.15) is 0 Å². The molecule has 1 heteroatoms. The van der Waals surface area contributed by atoms with Crippen LogP contribution in [0.25, 0.3) is 0 Å². The van der Waals surface area contributed by atoms with E-state index in [0.29, 0.717) is 0 Å². The third-order valence-corrected chi connectivity index (χ3v) is 3.13. The highest BCUT2D eigenvalue weighted by Crippen LogP contribution is 2.19. The van der Waals surface area contributed by atoms with Gasteiger partial charge in [-0.3, -0.25) is 0 Å². The fourth-order valence-electron chi connectivity index (χ4n) is 0.922. The third kappa shape index (κ3) is 3.85. The maximum Gasteiger partial charge on any atom is 0.00415 e. The Hall–Kier alpha value is 0.350. The van der Waals surface area contributed by atoms with Crippen molar-refractivity contribution < 1.29 is 0 Å². The lowest BCUT2D eigenvalue weighted by Gasteiger charge is -2.15. The molecule has 56 valence electrons. The van der Waals surface area contributed by atoms with Crippen molar-refractivity contribution in [3.63, 3.8) is 0 Å². The second-order valence-corrected chi connectivity index (χ2v) is 3.92. The Morgan fingerprint density at radius 3 is 2.22 bits per heavy atom. The van der Waals surface area contributed by atoms with Gasteiger partial charge in [-0.25, -0.2) is 0 Å². The maximum absolute atomic E-state index is 2.34. The molecule has 0 aliphatic heterocycles. The van der Waals surface area contributed by atoms with Crippen molar-refractivity contribution in [2.75, 3.05) is 6.26 Å². The van der Waals surface area contributed by atoms with Crippen molar-refractivity contribution in [1.29, 1.82) is 0 Å². The van der Waals surface area contributed by atoms with Crippen molar-refractivity contribution in [2.24, 2.45) is 5.92 Å². The first-order chi connectivity index (χ1) is 4.22. The van der Waals surface area contributed by atoms with Gasteiger partial charge in [0.05, 0.1) is 0 Å². The third-order valence-electron chi connectivity index (χ3n) is 1.92. The molecule has 0 aromatic carbocycles. The van der Waals surface area contributed by atoms with Crippen LogP contribution in [0.2, 0.25) is 0 Å². The molecule has 0 radical (unpaired) electrons. The smallest absolute Gasteiger partial charge is 0.00415 e. The SMILES string of the molecule is CCCC(C)C(C)SC. The summed E-state index contributed by atoms with van der Waals surface area (Å²) in [7, 11) is 0. The van der Waals surface area contributed by atoms with Gasteiger partial charge >= 0.3 is 0 Å². The minimum absolute atomic E-state index is 0.838. The number of hydrogen-bond donors (Lipinski definition) is 0. The first-order valence-corrected chi connectivity index (χ1v) is 5.04. The molecule has 0 aromatic heterocycles. The lowest BCUT2D eigenvalue weighted by atomic mass is 10.0.